The molecule has 0 unspecified atom stereocenters. The van der Waals surface area contributed by atoms with Gasteiger partial charge in [0.2, 0.25) is 10.0 Å². The van der Waals surface area contributed by atoms with E-state index < -0.39 is 10.0 Å². The lowest BCUT2D eigenvalue weighted by Gasteiger charge is -2.28. The summed E-state index contributed by atoms with van der Waals surface area (Å²) in [5, 5.41) is 7.72. The van der Waals surface area contributed by atoms with Gasteiger partial charge < -0.3 is 9.84 Å². The molecule has 1 aromatic carbocycles. The smallest absolute Gasteiger partial charge is 0.257 e. The Morgan fingerprint density at radius 1 is 1.31 bits per heavy atom. The minimum atomic E-state index is -3.25. The van der Waals surface area contributed by atoms with Gasteiger partial charge in [0.1, 0.15) is 0 Å². The van der Waals surface area contributed by atoms with Gasteiger partial charge in [0.25, 0.3) is 11.6 Å². The van der Waals surface area contributed by atoms with Crippen LogP contribution in [0.4, 0.5) is 5.69 Å². The lowest BCUT2D eigenvalue weighted by molar-refractivity contribution is 0.102. The fraction of sp³-hybridized carbons (Fsp3) is 0.350. The van der Waals surface area contributed by atoms with Crippen molar-refractivity contribution in [2.24, 2.45) is 0 Å². The Kier molecular flexibility index (Phi) is 4.87. The van der Waals surface area contributed by atoms with E-state index in [-0.39, 0.29) is 11.8 Å². The molecule has 1 aliphatic rings. The number of sulfonamides is 1. The highest BCUT2D eigenvalue weighted by atomic mass is 32.2. The normalized spacial score (nSPS) is 14.9. The van der Waals surface area contributed by atoms with Crippen LogP contribution in [0.2, 0.25) is 0 Å². The zero-order chi connectivity index (χ0) is 20.8. The van der Waals surface area contributed by atoms with Crippen LogP contribution in [-0.2, 0) is 23.0 Å². The van der Waals surface area contributed by atoms with Gasteiger partial charge in [0.05, 0.1) is 22.9 Å². The summed E-state index contributed by atoms with van der Waals surface area (Å²) < 4.78 is 30.4. The Hall–Kier alpha value is -2.78. The van der Waals surface area contributed by atoms with Crippen molar-refractivity contribution in [1.82, 2.24) is 14.4 Å². The molecule has 1 N–H and O–H groups in total. The van der Waals surface area contributed by atoms with E-state index in [2.05, 4.69) is 15.5 Å². The Balaban J connectivity index is 1.61. The molecule has 9 heteroatoms. The summed E-state index contributed by atoms with van der Waals surface area (Å²) in [4.78, 5) is 17.1. The first-order chi connectivity index (χ1) is 13.7. The summed E-state index contributed by atoms with van der Waals surface area (Å²) in [7, 11) is -3.25. The van der Waals surface area contributed by atoms with Crippen LogP contribution in [0, 0.1) is 0 Å². The van der Waals surface area contributed by atoms with E-state index in [1.54, 1.807) is 6.07 Å². The number of aromatic nitrogens is 2. The van der Waals surface area contributed by atoms with Crippen molar-refractivity contribution >= 4 is 32.7 Å². The number of anilines is 1. The highest BCUT2D eigenvalue weighted by Crippen LogP contribution is 2.28. The van der Waals surface area contributed by atoms with Crippen molar-refractivity contribution in [3.8, 4) is 0 Å². The predicted molar refractivity (Wildman–Crippen MR) is 109 cm³/mol. The van der Waals surface area contributed by atoms with Crippen molar-refractivity contribution in [3.05, 3.63) is 52.8 Å². The molecular weight excluding hydrogens is 392 g/mol. The fourth-order valence-electron chi connectivity index (χ4n) is 3.57. The molecule has 3 aromatic rings. The molecule has 0 saturated heterocycles. The van der Waals surface area contributed by atoms with Crippen LogP contribution < -0.4 is 5.32 Å². The number of carbonyl (C=O) groups excluding carboxylic acids is 1. The maximum Gasteiger partial charge on any atom is 0.257 e. The zero-order valence-electron chi connectivity index (χ0n) is 16.5. The maximum absolute atomic E-state index is 12.9. The Bertz CT molecular complexity index is 1200. The van der Waals surface area contributed by atoms with Crippen molar-refractivity contribution in [2.75, 3.05) is 18.1 Å². The van der Waals surface area contributed by atoms with E-state index >= 15 is 0 Å². The summed E-state index contributed by atoms with van der Waals surface area (Å²) in [6, 6.07) is 7.28. The zero-order valence-corrected chi connectivity index (χ0v) is 17.3. The molecule has 0 spiro atoms. The van der Waals surface area contributed by atoms with E-state index in [0.717, 1.165) is 22.2 Å². The first-order valence-corrected chi connectivity index (χ1v) is 11.2. The number of fused-ring (bicyclic) bond motifs is 2. The molecule has 1 aliphatic heterocycles. The third-order valence-electron chi connectivity index (χ3n) is 5.11. The first-order valence-electron chi connectivity index (χ1n) is 9.36. The van der Waals surface area contributed by atoms with Crippen LogP contribution >= 0.6 is 0 Å². The summed E-state index contributed by atoms with van der Waals surface area (Å²) in [5.41, 5.74) is 4.13. The highest BCUT2D eigenvalue weighted by Gasteiger charge is 2.25. The van der Waals surface area contributed by atoms with E-state index in [0.29, 0.717) is 36.5 Å². The van der Waals surface area contributed by atoms with Crippen LogP contribution in [0.5, 0.6) is 0 Å². The molecule has 152 valence electrons. The maximum atomic E-state index is 12.9. The molecule has 0 bridgehead atoms. The molecule has 2 aromatic heterocycles. The number of rotatable bonds is 4. The number of benzene rings is 1. The van der Waals surface area contributed by atoms with Gasteiger partial charge in [0.15, 0.2) is 0 Å². The van der Waals surface area contributed by atoms with Crippen molar-refractivity contribution in [3.63, 3.8) is 0 Å². The number of nitrogens with zero attached hydrogens (tertiary/aromatic N) is 3. The van der Waals surface area contributed by atoms with Crippen LogP contribution in [0.1, 0.15) is 46.9 Å². The molecule has 0 aliphatic carbocycles. The summed E-state index contributed by atoms with van der Waals surface area (Å²) in [5.74, 6) is -0.135. The average molecular weight is 414 g/mol. The third-order valence-corrected chi connectivity index (χ3v) is 6.36. The van der Waals surface area contributed by atoms with Gasteiger partial charge in [-0.2, -0.15) is 4.31 Å². The topological polar surface area (TPSA) is 105 Å². The molecule has 3 heterocycles. The molecule has 0 fully saturated rings. The van der Waals surface area contributed by atoms with Gasteiger partial charge in [-0.15, -0.1) is 0 Å². The largest absolute Gasteiger partial charge is 0.336 e. The van der Waals surface area contributed by atoms with Crippen LogP contribution in [0.15, 0.2) is 35.0 Å². The van der Waals surface area contributed by atoms with Crippen LogP contribution in [0.25, 0.3) is 11.1 Å². The standard InChI is InChI=1S/C20H22N4O4S/c1-12(2)18-16-9-14(10-21-20(16)28-23-18)19(25)22-17-6-4-5-13-11-24(29(3,26)27)8-7-15(13)17/h4-6,9-10,12H,7-8,11H2,1-3H3,(H,22,25). The van der Waals surface area contributed by atoms with Gasteiger partial charge in [-0.3, -0.25) is 4.79 Å². The third kappa shape index (κ3) is 3.75. The Labute approximate surface area is 169 Å². The molecule has 29 heavy (non-hydrogen) atoms. The molecule has 1 amide bonds. The Morgan fingerprint density at radius 3 is 2.83 bits per heavy atom. The number of carbonyl (C=O) groups is 1. The highest BCUT2D eigenvalue weighted by molar-refractivity contribution is 7.88. The second-order valence-electron chi connectivity index (χ2n) is 7.54. The van der Waals surface area contributed by atoms with Gasteiger partial charge in [-0.1, -0.05) is 31.1 Å². The van der Waals surface area contributed by atoms with Crippen molar-refractivity contribution < 1.29 is 17.7 Å². The van der Waals surface area contributed by atoms with Crippen molar-refractivity contribution in [1.29, 1.82) is 0 Å². The monoisotopic (exact) mass is 414 g/mol. The first kappa shape index (κ1) is 19.5. The van der Waals surface area contributed by atoms with E-state index in [1.165, 1.54) is 16.8 Å². The summed E-state index contributed by atoms with van der Waals surface area (Å²) in [6.07, 6.45) is 3.22. The van der Waals surface area contributed by atoms with E-state index in [1.807, 2.05) is 32.0 Å². The lowest BCUT2D eigenvalue weighted by atomic mass is 9.99. The minimum Gasteiger partial charge on any atom is -0.336 e. The second kappa shape index (κ2) is 7.23. The molecule has 0 atom stereocenters. The SMILES string of the molecule is CC(C)c1noc2ncc(C(=O)Nc3cccc4c3CCN(S(C)(=O)=O)C4)cc12. The second-order valence-corrected chi connectivity index (χ2v) is 9.53. The molecular formula is C20H22N4O4S. The molecule has 0 radical (unpaired) electrons. The molecule has 0 saturated carbocycles. The molecule has 4 rings (SSSR count). The number of hydrogen-bond acceptors (Lipinski definition) is 6. The van der Waals surface area contributed by atoms with Crippen LogP contribution in [0.3, 0.4) is 0 Å². The van der Waals surface area contributed by atoms with Gasteiger partial charge in [-0.05, 0) is 35.6 Å². The predicted octanol–water partition coefficient (Wildman–Crippen LogP) is 2.92. The number of pyridine rings is 1. The summed E-state index contributed by atoms with van der Waals surface area (Å²) >= 11 is 0. The van der Waals surface area contributed by atoms with Gasteiger partial charge >= 0.3 is 0 Å². The number of amides is 1. The lowest BCUT2D eigenvalue weighted by Crippen LogP contribution is -2.35. The van der Waals surface area contributed by atoms with Gasteiger partial charge in [-0.25, -0.2) is 13.4 Å². The molecule has 8 nitrogen and oxygen atoms in total. The quantitative estimate of drug-likeness (QED) is 0.704. The van der Waals surface area contributed by atoms with E-state index in [9.17, 15) is 13.2 Å². The fourth-order valence-corrected chi connectivity index (χ4v) is 4.37. The Morgan fingerprint density at radius 2 is 2.10 bits per heavy atom. The average Bonchev–Trinajstić information content (AvgIpc) is 3.10. The number of nitrogens with one attached hydrogen (secondary N) is 1. The summed E-state index contributed by atoms with van der Waals surface area (Å²) in [6.45, 7) is 4.70. The number of hydrogen-bond donors (Lipinski definition) is 1. The minimum absolute atomic E-state index is 0.148. The van der Waals surface area contributed by atoms with Crippen LogP contribution in [-0.4, -0.2) is 41.6 Å². The van der Waals surface area contributed by atoms with E-state index in [4.69, 9.17) is 4.52 Å². The van der Waals surface area contributed by atoms with Crippen molar-refractivity contribution in [2.45, 2.75) is 32.7 Å². The van der Waals surface area contributed by atoms with Gasteiger partial charge in [0, 0.05) is 25.0 Å².